The fourth-order valence-corrected chi connectivity index (χ4v) is 2.21. The topological polar surface area (TPSA) is 51.2 Å². The number of nitrogens with one attached hydrogen (secondary N) is 1. The average molecular weight is 302 g/mol. The molecule has 2 rings (SSSR count). The standard InChI is InChI=1S/C16H18N2O2S/c1-2-3-11-20-14-7-5-4-6-13(14)8-9-15(19)18-16-17-10-12-21-16/h4-10,12H,2-3,11H2,1H3,(H,17,18,19). The van der Waals surface area contributed by atoms with E-state index < -0.39 is 0 Å². The minimum Gasteiger partial charge on any atom is -0.493 e. The fourth-order valence-electron chi connectivity index (χ4n) is 1.67. The van der Waals surface area contributed by atoms with E-state index in [1.165, 1.54) is 17.4 Å². The summed E-state index contributed by atoms with van der Waals surface area (Å²) in [5, 5.41) is 5.12. The highest BCUT2D eigenvalue weighted by Gasteiger charge is 2.02. The Morgan fingerprint density at radius 1 is 1.43 bits per heavy atom. The van der Waals surface area contributed by atoms with Crippen LogP contribution in [0.25, 0.3) is 6.08 Å². The Hall–Kier alpha value is -2.14. The Balaban J connectivity index is 1.97. The molecule has 110 valence electrons. The number of unbranched alkanes of at least 4 members (excludes halogenated alkanes) is 1. The number of carbonyl (C=O) groups is 1. The van der Waals surface area contributed by atoms with E-state index >= 15 is 0 Å². The summed E-state index contributed by atoms with van der Waals surface area (Å²) in [5.74, 6) is 0.595. The third-order valence-electron chi connectivity index (χ3n) is 2.75. The van der Waals surface area contributed by atoms with Crippen molar-refractivity contribution < 1.29 is 9.53 Å². The summed E-state index contributed by atoms with van der Waals surface area (Å²) in [6, 6.07) is 7.68. The number of ether oxygens (including phenoxy) is 1. The molecule has 0 saturated heterocycles. The first-order chi connectivity index (χ1) is 10.3. The molecule has 0 atom stereocenters. The zero-order chi connectivity index (χ0) is 14.9. The van der Waals surface area contributed by atoms with E-state index in [2.05, 4.69) is 17.2 Å². The van der Waals surface area contributed by atoms with Gasteiger partial charge in [0.2, 0.25) is 5.91 Å². The van der Waals surface area contributed by atoms with E-state index in [9.17, 15) is 4.79 Å². The third-order valence-corrected chi connectivity index (χ3v) is 3.44. The Bertz CT molecular complexity index is 594. The molecule has 1 N–H and O–H groups in total. The van der Waals surface area contributed by atoms with Crippen molar-refractivity contribution >= 4 is 28.5 Å². The van der Waals surface area contributed by atoms with Crippen LogP contribution in [0.2, 0.25) is 0 Å². The van der Waals surface area contributed by atoms with Crippen molar-refractivity contribution in [1.82, 2.24) is 4.98 Å². The average Bonchev–Trinajstić information content (AvgIpc) is 2.99. The summed E-state index contributed by atoms with van der Waals surface area (Å²) in [6.45, 7) is 2.81. The molecular weight excluding hydrogens is 284 g/mol. The van der Waals surface area contributed by atoms with E-state index in [1.807, 2.05) is 29.6 Å². The monoisotopic (exact) mass is 302 g/mol. The van der Waals surface area contributed by atoms with Crippen LogP contribution in [0.15, 0.2) is 41.9 Å². The number of benzene rings is 1. The van der Waals surface area contributed by atoms with Gasteiger partial charge in [0.15, 0.2) is 5.13 Å². The molecule has 2 aromatic rings. The number of para-hydroxylation sites is 1. The molecule has 5 heteroatoms. The number of nitrogens with zero attached hydrogens (tertiary/aromatic N) is 1. The van der Waals surface area contributed by atoms with Crippen LogP contribution in [0, 0.1) is 0 Å². The van der Waals surface area contributed by atoms with Gasteiger partial charge in [-0.15, -0.1) is 11.3 Å². The first-order valence-electron chi connectivity index (χ1n) is 6.90. The highest BCUT2D eigenvalue weighted by Crippen LogP contribution is 2.20. The molecule has 0 saturated carbocycles. The second-order valence-corrected chi connectivity index (χ2v) is 5.29. The largest absolute Gasteiger partial charge is 0.493 e. The first-order valence-corrected chi connectivity index (χ1v) is 7.78. The molecule has 0 radical (unpaired) electrons. The highest BCUT2D eigenvalue weighted by atomic mass is 32.1. The number of carbonyl (C=O) groups excluding carboxylic acids is 1. The van der Waals surface area contributed by atoms with Crippen molar-refractivity contribution in [3.05, 3.63) is 47.5 Å². The smallest absolute Gasteiger partial charge is 0.250 e. The lowest BCUT2D eigenvalue weighted by Gasteiger charge is -2.08. The molecule has 1 aromatic heterocycles. The lowest BCUT2D eigenvalue weighted by molar-refractivity contribution is -0.111. The number of thiazole rings is 1. The zero-order valence-electron chi connectivity index (χ0n) is 11.9. The molecule has 1 aromatic carbocycles. The first kappa shape index (κ1) is 15.3. The SMILES string of the molecule is CCCCOc1ccccc1C=CC(=O)Nc1nccs1. The summed E-state index contributed by atoms with van der Waals surface area (Å²) >= 11 is 1.39. The number of hydrogen-bond donors (Lipinski definition) is 1. The maximum absolute atomic E-state index is 11.8. The molecular formula is C16H18N2O2S. The molecule has 0 aliphatic rings. The van der Waals surface area contributed by atoms with Gasteiger partial charge in [0.25, 0.3) is 0 Å². The number of aromatic nitrogens is 1. The minimum absolute atomic E-state index is 0.201. The molecule has 21 heavy (non-hydrogen) atoms. The normalized spacial score (nSPS) is 10.7. The number of rotatable bonds is 7. The summed E-state index contributed by atoms with van der Waals surface area (Å²) in [4.78, 5) is 15.8. The van der Waals surface area contributed by atoms with E-state index in [-0.39, 0.29) is 5.91 Å². The zero-order valence-corrected chi connectivity index (χ0v) is 12.7. The van der Waals surface area contributed by atoms with Gasteiger partial charge in [0.05, 0.1) is 6.61 Å². The maximum Gasteiger partial charge on any atom is 0.250 e. The van der Waals surface area contributed by atoms with Crippen molar-refractivity contribution in [2.75, 3.05) is 11.9 Å². The van der Waals surface area contributed by atoms with Crippen LogP contribution >= 0.6 is 11.3 Å². The number of hydrogen-bond acceptors (Lipinski definition) is 4. The van der Waals surface area contributed by atoms with Crippen LogP contribution < -0.4 is 10.1 Å². The lowest BCUT2D eigenvalue weighted by Crippen LogP contribution is -2.07. The van der Waals surface area contributed by atoms with Crippen molar-refractivity contribution in [1.29, 1.82) is 0 Å². The number of anilines is 1. The Morgan fingerprint density at radius 3 is 3.05 bits per heavy atom. The van der Waals surface area contributed by atoms with Crippen molar-refractivity contribution in [3.8, 4) is 5.75 Å². The van der Waals surface area contributed by atoms with Crippen LogP contribution in [0.1, 0.15) is 25.3 Å². The Kier molecular flexibility index (Phi) is 5.97. The fraction of sp³-hybridized carbons (Fsp3) is 0.250. The second kappa shape index (κ2) is 8.21. The molecule has 0 bridgehead atoms. The summed E-state index contributed by atoms with van der Waals surface area (Å²) in [6.07, 6.45) is 7.01. The van der Waals surface area contributed by atoms with Gasteiger partial charge in [0.1, 0.15) is 5.75 Å². The minimum atomic E-state index is -0.201. The molecule has 0 aliphatic carbocycles. The van der Waals surface area contributed by atoms with E-state index in [1.54, 1.807) is 12.3 Å². The predicted molar refractivity (Wildman–Crippen MR) is 86.6 cm³/mol. The third kappa shape index (κ3) is 5.04. The van der Waals surface area contributed by atoms with Gasteiger partial charge in [-0.25, -0.2) is 4.98 Å². The van der Waals surface area contributed by atoms with E-state index in [0.29, 0.717) is 11.7 Å². The molecule has 1 amide bonds. The predicted octanol–water partition coefficient (Wildman–Crippen LogP) is 3.97. The molecule has 4 nitrogen and oxygen atoms in total. The number of amides is 1. The van der Waals surface area contributed by atoms with Crippen LogP contribution in [-0.4, -0.2) is 17.5 Å². The molecule has 0 aliphatic heterocycles. The van der Waals surface area contributed by atoms with Crippen LogP contribution in [0.4, 0.5) is 5.13 Å². The van der Waals surface area contributed by atoms with Crippen molar-refractivity contribution in [3.63, 3.8) is 0 Å². The second-order valence-electron chi connectivity index (χ2n) is 4.40. The molecule has 0 fully saturated rings. The van der Waals surface area contributed by atoms with Gasteiger partial charge in [-0.05, 0) is 18.6 Å². The quantitative estimate of drug-likeness (QED) is 0.622. The van der Waals surface area contributed by atoms with Crippen LogP contribution in [0.5, 0.6) is 5.75 Å². The Labute approximate surface area is 128 Å². The molecule has 0 spiro atoms. The van der Waals surface area contributed by atoms with Gasteiger partial charge in [-0.2, -0.15) is 0 Å². The van der Waals surface area contributed by atoms with Gasteiger partial charge in [-0.3, -0.25) is 10.1 Å². The van der Waals surface area contributed by atoms with Crippen LogP contribution in [-0.2, 0) is 4.79 Å². The van der Waals surface area contributed by atoms with Crippen molar-refractivity contribution in [2.45, 2.75) is 19.8 Å². The summed E-state index contributed by atoms with van der Waals surface area (Å²) in [5.41, 5.74) is 0.892. The lowest BCUT2D eigenvalue weighted by atomic mass is 10.2. The van der Waals surface area contributed by atoms with E-state index in [0.717, 1.165) is 24.2 Å². The van der Waals surface area contributed by atoms with Gasteiger partial charge in [-0.1, -0.05) is 31.5 Å². The van der Waals surface area contributed by atoms with Gasteiger partial charge in [0, 0.05) is 23.2 Å². The Morgan fingerprint density at radius 2 is 2.29 bits per heavy atom. The van der Waals surface area contributed by atoms with E-state index in [4.69, 9.17) is 4.74 Å². The van der Waals surface area contributed by atoms with Crippen molar-refractivity contribution in [2.24, 2.45) is 0 Å². The molecule has 0 unspecified atom stereocenters. The summed E-state index contributed by atoms with van der Waals surface area (Å²) < 4.78 is 5.72. The van der Waals surface area contributed by atoms with Gasteiger partial charge < -0.3 is 4.74 Å². The molecule has 1 heterocycles. The van der Waals surface area contributed by atoms with Gasteiger partial charge >= 0.3 is 0 Å². The summed E-state index contributed by atoms with van der Waals surface area (Å²) in [7, 11) is 0. The maximum atomic E-state index is 11.8. The van der Waals surface area contributed by atoms with Crippen LogP contribution in [0.3, 0.4) is 0 Å². The highest BCUT2D eigenvalue weighted by molar-refractivity contribution is 7.13.